The predicted molar refractivity (Wildman–Crippen MR) is 251 cm³/mol. The van der Waals surface area contributed by atoms with E-state index < -0.39 is 23.7 Å². The van der Waals surface area contributed by atoms with E-state index in [-0.39, 0.29) is 175 Å². The monoisotopic (exact) mass is 1310 g/mol. The summed E-state index contributed by atoms with van der Waals surface area (Å²) in [5.74, 6) is 1.08. The van der Waals surface area contributed by atoms with Gasteiger partial charge in [-0.2, -0.15) is 36.5 Å². The number of nitrogens with zero attached hydrogens (tertiary/aromatic N) is 7. The molecule has 0 unspecified atom stereocenters. The largest absolute Gasteiger partial charge is 1.00 e. The SMILES string of the molecule is C.CCCc1c(OCCCBr)ccc2c(C(F)(F)F)noc12.O=CO[O-].[C-]#[N+]Cc1ccc2[nH]ncc2c1.[C-]#[N+]Cc1ccc2c(cnn2CCCOc2ccc3c(C(F)(F)F)noc3c2CCC)c1.[Cs+].[Cs+].[H-]. The number of halogens is 7. The summed E-state index contributed by atoms with van der Waals surface area (Å²) in [6.45, 7) is 19.7. The molecule has 0 aliphatic carbocycles. The van der Waals surface area contributed by atoms with Crippen molar-refractivity contribution in [2.45, 2.75) is 91.8 Å². The van der Waals surface area contributed by atoms with Gasteiger partial charge >= 0.3 is 150 Å². The maximum absolute atomic E-state index is 13.1. The molecule has 8 aromatic rings. The maximum Gasteiger partial charge on any atom is 1.00 e. The van der Waals surface area contributed by atoms with Crippen molar-refractivity contribution in [3.63, 3.8) is 0 Å². The van der Waals surface area contributed by atoms with Gasteiger partial charge in [-0.25, -0.2) is 13.1 Å². The third-order valence-electron chi connectivity index (χ3n) is 10.0. The van der Waals surface area contributed by atoms with Crippen molar-refractivity contribution in [3.05, 3.63) is 130 Å². The first-order valence-corrected chi connectivity index (χ1v) is 22.4. The van der Waals surface area contributed by atoms with Crippen LogP contribution in [0.5, 0.6) is 11.5 Å². The van der Waals surface area contributed by atoms with E-state index in [0.717, 1.165) is 57.5 Å². The zero-order valence-electron chi connectivity index (χ0n) is 40.1. The minimum Gasteiger partial charge on any atom is -1.00 e. The fraction of sp³-hybridized carbons (Fsp3) is 0.354. The maximum atomic E-state index is 13.1. The van der Waals surface area contributed by atoms with Crippen LogP contribution in [0.4, 0.5) is 26.3 Å². The molecular formula is C48H49BrCs2F6N8O7. The molecule has 0 amide bonds. The quantitative estimate of drug-likeness (QED) is 0.0223. The molecule has 15 nitrogen and oxygen atoms in total. The van der Waals surface area contributed by atoms with Crippen LogP contribution in [0.15, 0.2) is 82.1 Å². The molecule has 0 bridgehead atoms. The van der Waals surface area contributed by atoms with E-state index in [2.05, 4.69) is 56.1 Å². The summed E-state index contributed by atoms with van der Waals surface area (Å²) < 4.78 is 101. The van der Waals surface area contributed by atoms with Crippen LogP contribution >= 0.6 is 15.9 Å². The first-order chi connectivity index (χ1) is 33.2. The fourth-order valence-electron chi connectivity index (χ4n) is 7.05. The number of alkyl halides is 7. The zero-order valence-corrected chi connectivity index (χ0v) is 53.3. The first kappa shape index (κ1) is 65.0. The number of hydrogen-bond acceptors (Lipinski definition) is 11. The van der Waals surface area contributed by atoms with Gasteiger partial charge in [0.2, 0.25) is 13.1 Å². The van der Waals surface area contributed by atoms with Crippen LogP contribution in [-0.4, -0.2) is 55.3 Å². The summed E-state index contributed by atoms with van der Waals surface area (Å²) in [4.78, 5) is 18.0. The molecule has 0 saturated carbocycles. The number of carbonyl (C=O) groups excluding carboxylic acids is 1. The van der Waals surface area contributed by atoms with Crippen molar-refractivity contribution in [1.29, 1.82) is 0 Å². The molecule has 4 aromatic carbocycles. The van der Waals surface area contributed by atoms with Gasteiger partial charge in [-0.15, -0.1) is 0 Å². The number of fused-ring (bicyclic) bond motifs is 4. The van der Waals surface area contributed by atoms with Crippen molar-refractivity contribution >= 4 is 66.1 Å². The standard InChI is InChI=1S/C23H21F3N4O2.C14H15BrF3NO2.C9H7N3.CH2O3.CH4.2Cs.H/c1-3-5-17-20(9-7-18-21(17)32-29-22(18)23(24,25)26)31-11-4-10-30-19-8-6-15(13-27-2)12-16(19)14-28-30;1-2-4-9-11(20-8-3-7-15)6-5-10-12(9)21-19-13(10)14(16,17)18;1-10-5-7-2-3-9-8(4-7)6-11-12-9;2-1-4-3;;;;/h6-9,12,14H,3-5,10-11,13H2,1H3;5-6H,2-4,7-8H2,1H3;2-4,6H,5H2,(H,11,12);1,3H;1H4;;;/q;;;;;2*+1;-1/p-1. The number of ether oxygens (including phenoxy) is 2. The molecule has 0 atom stereocenters. The average molecular weight is 1310 g/mol. The van der Waals surface area contributed by atoms with Gasteiger partial charge in [0.05, 0.1) is 47.4 Å². The van der Waals surface area contributed by atoms with E-state index in [9.17, 15) is 26.3 Å². The summed E-state index contributed by atoms with van der Waals surface area (Å²) in [5.41, 5.74) is 3.54. The number of nitrogens with one attached hydrogen (secondary N) is 1. The van der Waals surface area contributed by atoms with Crippen molar-refractivity contribution in [2.75, 3.05) is 18.5 Å². The van der Waals surface area contributed by atoms with Crippen molar-refractivity contribution in [2.24, 2.45) is 0 Å². The van der Waals surface area contributed by atoms with Gasteiger partial charge in [0, 0.05) is 51.3 Å². The van der Waals surface area contributed by atoms with Gasteiger partial charge in [0.1, 0.15) is 11.5 Å². The first-order valence-electron chi connectivity index (χ1n) is 21.3. The topological polar surface area (TPSA) is 175 Å². The minimum atomic E-state index is -4.57. The van der Waals surface area contributed by atoms with Crippen LogP contribution in [0.1, 0.15) is 82.0 Å². The fourth-order valence-corrected chi connectivity index (χ4v) is 7.28. The molecule has 0 saturated heterocycles. The normalized spacial score (nSPS) is 10.7. The molecule has 374 valence electrons. The van der Waals surface area contributed by atoms with Crippen LogP contribution in [0.25, 0.3) is 53.4 Å². The summed E-state index contributed by atoms with van der Waals surface area (Å²) in [7, 11) is 0. The van der Waals surface area contributed by atoms with Crippen LogP contribution < -0.4 is 153 Å². The predicted octanol–water partition coefficient (Wildman–Crippen LogP) is 6.17. The van der Waals surface area contributed by atoms with E-state index in [0.29, 0.717) is 74.7 Å². The molecule has 72 heavy (non-hydrogen) atoms. The number of aryl methyl sites for hydroxylation is 3. The van der Waals surface area contributed by atoms with Crippen molar-refractivity contribution in [3.8, 4) is 11.5 Å². The Morgan fingerprint density at radius 3 is 1.75 bits per heavy atom. The van der Waals surface area contributed by atoms with Crippen LogP contribution in [-0.2, 0) is 54.5 Å². The Balaban J connectivity index is 0.000000560. The molecular weight excluding hydrogens is 1260 g/mol. The van der Waals surface area contributed by atoms with E-state index in [1.54, 1.807) is 24.5 Å². The molecule has 0 spiro atoms. The summed E-state index contributed by atoms with van der Waals surface area (Å²) in [6.07, 6.45) is -1.47. The van der Waals surface area contributed by atoms with E-state index in [4.69, 9.17) is 41.7 Å². The van der Waals surface area contributed by atoms with Gasteiger partial charge in [0.25, 0.3) is 6.47 Å². The molecule has 4 aromatic heterocycles. The van der Waals surface area contributed by atoms with Crippen LogP contribution in [0, 0.1) is 13.1 Å². The molecule has 0 aliphatic rings. The Bertz CT molecular complexity index is 3030. The third-order valence-corrected chi connectivity index (χ3v) is 10.6. The third kappa shape index (κ3) is 18.1. The molecule has 4 heterocycles. The van der Waals surface area contributed by atoms with E-state index in [1.165, 1.54) is 12.1 Å². The Kier molecular flexibility index (Phi) is 29.3. The molecule has 0 fully saturated rings. The number of rotatable bonds is 16. The number of carbonyl (C=O) groups is 1. The van der Waals surface area contributed by atoms with Gasteiger partial charge in [-0.3, -0.25) is 14.6 Å². The van der Waals surface area contributed by atoms with Gasteiger partial charge < -0.3 is 39.8 Å². The Morgan fingerprint density at radius 1 is 0.778 bits per heavy atom. The number of benzene rings is 4. The number of aromatic nitrogens is 6. The van der Waals surface area contributed by atoms with Crippen LogP contribution in [0.3, 0.4) is 0 Å². The van der Waals surface area contributed by atoms with Crippen LogP contribution in [0.2, 0.25) is 0 Å². The second-order valence-corrected chi connectivity index (χ2v) is 15.7. The minimum absolute atomic E-state index is 0. The second-order valence-electron chi connectivity index (χ2n) is 14.9. The van der Waals surface area contributed by atoms with E-state index in [1.807, 2.05) is 54.9 Å². The Hall–Kier alpha value is -3.07. The van der Waals surface area contributed by atoms with E-state index >= 15 is 0 Å². The van der Waals surface area contributed by atoms with Gasteiger partial charge in [-0.1, -0.05) is 60.4 Å². The van der Waals surface area contributed by atoms with Crippen molar-refractivity contribution in [1.82, 2.24) is 30.3 Å². The molecule has 1 N–H and O–H groups in total. The smallest absolute Gasteiger partial charge is 1.00 e. The second kappa shape index (κ2) is 32.4. The number of aromatic amines is 1. The summed E-state index contributed by atoms with van der Waals surface area (Å²) >= 11 is 3.30. The molecule has 24 heteroatoms. The molecule has 0 aliphatic heterocycles. The molecule has 8 rings (SSSR count). The molecule has 0 radical (unpaired) electrons. The Labute approximate surface area is 538 Å². The summed E-state index contributed by atoms with van der Waals surface area (Å²) in [6, 6.07) is 17.6. The summed E-state index contributed by atoms with van der Waals surface area (Å²) in [5, 5.41) is 28.8. The van der Waals surface area contributed by atoms with Gasteiger partial charge in [0.15, 0.2) is 22.6 Å². The number of hydrogen-bond donors (Lipinski definition) is 1. The number of H-pyrrole nitrogens is 1. The van der Waals surface area contributed by atoms with Gasteiger partial charge in [-0.05, 0) is 79.9 Å². The zero-order chi connectivity index (χ0) is 50.0. The average Bonchev–Trinajstić information content (AvgIpc) is 4.16. The van der Waals surface area contributed by atoms with Crippen molar-refractivity contribution < 1.29 is 199 Å². The Morgan fingerprint density at radius 2 is 1.28 bits per heavy atom.